The number of carbonyl (C=O) groups is 1. The number of nitro groups is 1. The number of carbonyl (C=O) groups excluding carboxylic acids is 1. The van der Waals surface area contributed by atoms with Gasteiger partial charge < -0.3 is 14.8 Å². The second kappa shape index (κ2) is 7.60. The Kier molecular flexibility index (Phi) is 5.31. The summed E-state index contributed by atoms with van der Waals surface area (Å²) in [7, 11) is 1.31. The van der Waals surface area contributed by atoms with Crippen molar-refractivity contribution >= 4 is 17.3 Å². The van der Waals surface area contributed by atoms with Crippen LogP contribution in [0.1, 0.15) is 5.56 Å². The number of nitrogens with one attached hydrogen (secondary N) is 1. The maximum Gasteiger partial charge on any atom is 0.311 e. The van der Waals surface area contributed by atoms with Gasteiger partial charge in [-0.3, -0.25) is 14.9 Å². The summed E-state index contributed by atoms with van der Waals surface area (Å²) in [5.74, 6) is -0.0885. The van der Waals surface area contributed by atoms with Crippen LogP contribution in [0.25, 0.3) is 0 Å². The fraction of sp³-hybridized carbons (Fsp3) is 0.125. The predicted octanol–water partition coefficient (Wildman–Crippen LogP) is 2.49. The van der Waals surface area contributed by atoms with E-state index in [1.165, 1.54) is 25.3 Å². The smallest absolute Gasteiger partial charge is 0.311 e. The SMILES string of the molecule is COc1cc(OCC(=O)Nc2ccc(C#N)cc2)ccc1[N+](=O)[O-]. The molecule has 2 aromatic rings. The minimum absolute atomic E-state index is 0.0463. The second-order valence-corrected chi connectivity index (χ2v) is 4.62. The zero-order valence-corrected chi connectivity index (χ0v) is 12.7. The van der Waals surface area contributed by atoms with Crippen LogP contribution in [-0.4, -0.2) is 24.5 Å². The van der Waals surface area contributed by atoms with Gasteiger partial charge in [-0.15, -0.1) is 0 Å². The van der Waals surface area contributed by atoms with E-state index in [1.807, 2.05) is 6.07 Å². The van der Waals surface area contributed by atoms with Crippen molar-refractivity contribution in [3.8, 4) is 17.6 Å². The monoisotopic (exact) mass is 327 g/mol. The third-order valence-corrected chi connectivity index (χ3v) is 3.02. The summed E-state index contributed by atoms with van der Waals surface area (Å²) in [4.78, 5) is 22.1. The van der Waals surface area contributed by atoms with E-state index < -0.39 is 10.8 Å². The summed E-state index contributed by atoms with van der Waals surface area (Å²) in [6, 6.07) is 12.3. The number of hydrogen-bond acceptors (Lipinski definition) is 6. The third-order valence-electron chi connectivity index (χ3n) is 3.02. The maximum atomic E-state index is 11.8. The standard InChI is InChI=1S/C16H13N3O5/c1-23-15-8-13(6-7-14(15)19(21)22)24-10-16(20)18-12-4-2-11(9-17)3-5-12/h2-8H,10H2,1H3,(H,18,20). The topological polar surface area (TPSA) is 114 Å². The Bertz CT molecular complexity index is 796. The van der Waals surface area contributed by atoms with Crippen LogP contribution >= 0.6 is 0 Å². The van der Waals surface area contributed by atoms with Crippen molar-refractivity contribution in [3.63, 3.8) is 0 Å². The molecule has 8 heteroatoms. The molecule has 122 valence electrons. The number of nitriles is 1. The van der Waals surface area contributed by atoms with Crippen molar-refractivity contribution in [1.82, 2.24) is 0 Å². The Balaban J connectivity index is 1.96. The first-order chi connectivity index (χ1) is 11.5. The fourth-order valence-electron chi connectivity index (χ4n) is 1.87. The van der Waals surface area contributed by atoms with Crippen LogP contribution in [0.15, 0.2) is 42.5 Å². The van der Waals surface area contributed by atoms with Gasteiger partial charge in [-0.2, -0.15) is 5.26 Å². The highest BCUT2D eigenvalue weighted by Gasteiger charge is 2.15. The first kappa shape index (κ1) is 16.8. The molecule has 1 amide bonds. The van der Waals surface area contributed by atoms with Gasteiger partial charge in [0, 0.05) is 17.8 Å². The highest BCUT2D eigenvalue weighted by molar-refractivity contribution is 5.91. The highest BCUT2D eigenvalue weighted by atomic mass is 16.6. The molecular formula is C16H13N3O5. The Morgan fingerprint density at radius 3 is 2.58 bits per heavy atom. The Morgan fingerprint density at radius 2 is 2.00 bits per heavy atom. The molecule has 0 spiro atoms. The first-order valence-electron chi connectivity index (χ1n) is 6.78. The average molecular weight is 327 g/mol. The van der Waals surface area contributed by atoms with Crippen molar-refractivity contribution in [1.29, 1.82) is 5.26 Å². The molecule has 24 heavy (non-hydrogen) atoms. The number of nitro benzene ring substituents is 1. The molecule has 0 aliphatic rings. The first-order valence-corrected chi connectivity index (χ1v) is 6.78. The van der Waals surface area contributed by atoms with Crippen LogP contribution in [0.4, 0.5) is 11.4 Å². The van der Waals surface area contributed by atoms with Crippen LogP contribution in [0.5, 0.6) is 11.5 Å². The van der Waals surface area contributed by atoms with Gasteiger partial charge in [0.15, 0.2) is 6.61 Å². The molecule has 8 nitrogen and oxygen atoms in total. The van der Waals surface area contributed by atoms with Crippen molar-refractivity contribution in [2.45, 2.75) is 0 Å². The summed E-state index contributed by atoms with van der Waals surface area (Å²) >= 11 is 0. The van der Waals surface area contributed by atoms with E-state index in [0.29, 0.717) is 11.3 Å². The van der Waals surface area contributed by atoms with Gasteiger partial charge in [0.25, 0.3) is 5.91 Å². The molecule has 2 aromatic carbocycles. The largest absolute Gasteiger partial charge is 0.490 e. The molecule has 1 N–H and O–H groups in total. The van der Waals surface area contributed by atoms with E-state index in [-0.39, 0.29) is 23.8 Å². The molecule has 0 atom stereocenters. The molecule has 0 aliphatic heterocycles. The summed E-state index contributed by atoms with van der Waals surface area (Å²) in [5, 5.41) is 22.1. The zero-order valence-electron chi connectivity index (χ0n) is 12.7. The summed E-state index contributed by atoms with van der Waals surface area (Å²) in [6.07, 6.45) is 0. The van der Waals surface area contributed by atoms with Crippen molar-refractivity contribution < 1.29 is 19.2 Å². The molecule has 0 radical (unpaired) electrons. The number of hydrogen-bond donors (Lipinski definition) is 1. The van der Waals surface area contributed by atoms with Crippen molar-refractivity contribution in [2.75, 3.05) is 19.0 Å². The lowest BCUT2D eigenvalue weighted by atomic mass is 10.2. The molecule has 0 aliphatic carbocycles. The van der Waals surface area contributed by atoms with Gasteiger partial charge in [-0.25, -0.2) is 0 Å². The lowest BCUT2D eigenvalue weighted by molar-refractivity contribution is -0.385. The van der Waals surface area contributed by atoms with E-state index in [0.717, 1.165) is 0 Å². The van der Waals surface area contributed by atoms with E-state index >= 15 is 0 Å². The zero-order chi connectivity index (χ0) is 17.5. The van der Waals surface area contributed by atoms with Crippen molar-refractivity contribution in [3.05, 3.63) is 58.1 Å². The number of nitrogens with zero attached hydrogens (tertiary/aromatic N) is 2. The van der Waals surface area contributed by atoms with E-state index in [2.05, 4.69) is 5.32 Å². The van der Waals surface area contributed by atoms with Gasteiger partial charge in [-0.1, -0.05) is 0 Å². The number of rotatable bonds is 6. The van der Waals surface area contributed by atoms with Crippen LogP contribution in [-0.2, 0) is 4.79 Å². The molecule has 0 saturated heterocycles. The quantitative estimate of drug-likeness (QED) is 0.644. The normalized spacial score (nSPS) is 9.67. The van der Waals surface area contributed by atoms with Gasteiger partial charge in [0.05, 0.1) is 23.7 Å². The van der Waals surface area contributed by atoms with E-state index in [1.54, 1.807) is 24.3 Å². The fourth-order valence-corrected chi connectivity index (χ4v) is 1.87. The lowest BCUT2D eigenvalue weighted by Gasteiger charge is -2.09. The van der Waals surface area contributed by atoms with Gasteiger partial charge in [0.2, 0.25) is 5.75 Å². The number of methoxy groups -OCH3 is 1. The lowest BCUT2D eigenvalue weighted by Crippen LogP contribution is -2.20. The van der Waals surface area contributed by atoms with E-state index in [4.69, 9.17) is 14.7 Å². The third kappa shape index (κ3) is 4.20. The van der Waals surface area contributed by atoms with Gasteiger partial charge in [0.1, 0.15) is 5.75 Å². The second-order valence-electron chi connectivity index (χ2n) is 4.62. The summed E-state index contributed by atoms with van der Waals surface area (Å²) in [5.41, 5.74) is 0.831. The van der Waals surface area contributed by atoms with Gasteiger partial charge >= 0.3 is 5.69 Å². The number of benzene rings is 2. The minimum atomic E-state index is -0.569. The predicted molar refractivity (Wildman–Crippen MR) is 84.9 cm³/mol. The summed E-state index contributed by atoms with van der Waals surface area (Å²) < 4.78 is 10.2. The van der Waals surface area contributed by atoms with Crippen LogP contribution in [0, 0.1) is 21.4 Å². The molecular weight excluding hydrogens is 314 g/mol. The number of anilines is 1. The molecule has 0 fully saturated rings. The summed E-state index contributed by atoms with van der Waals surface area (Å²) in [6.45, 7) is -0.277. The molecule has 0 bridgehead atoms. The van der Waals surface area contributed by atoms with E-state index in [9.17, 15) is 14.9 Å². The molecule has 0 saturated carbocycles. The molecule has 0 aromatic heterocycles. The number of amides is 1. The molecule has 2 rings (SSSR count). The van der Waals surface area contributed by atoms with Crippen LogP contribution < -0.4 is 14.8 Å². The molecule has 0 unspecified atom stereocenters. The number of ether oxygens (including phenoxy) is 2. The Labute approximate surface area is 137 Å². The maximum absolute atomic E-state index is 11.8. The van der Waals surface area contributed by atoms with Crippen LogP contribution in [0.2, 0.25) is 0 Å². The Hall–Kier alpha value is -3.60. The molecule has 0 heterocycles. The highest BCUT2D eigenvalue weighted by Crippen LogP contribution is 2.30. The van der Waals surface area contributed by atoms with Gasteiger partial charge in [-0.05, 0) is 30.3 Å². The van der Waals surface area contributed by atoms with Crippen LogP contribution in [0.3, 0.4) is 0 Å². The van der Waals surface area contributed by atoms with Crippen molar-refractivity contribution in [2.24, 2.45) is 0 Å². The minimum Gasteiger partial charge on any atom is -0.490 e. The Morgan fingerprint density at radius 1 is 1.29 bits per heavy atom. The average Bonchev–Trinajstić information content (AvgIpc) is 2.60.